The van der Waals surface area contributed by atoms with E-state index in [4.69, 9.17) is 4.55 Å². The number of fused-ring (bicyclic) bond motifs is 1. The zero-order valence-electron chi connectivity index (χ0n) is 7.27. The van der Waals surface area contributed by atoms with Crippen LogP contribution in [0.3, 0.4) is 0 Å². The zero-order valence-corrected chi connectivity index (χ0v) is 8.08. The Hall–Kier alpha value is -1.00. The van der Waals surface area contributed by atoms with Crippen LogP contribution in [0.2, 0.25) is 0 Å². The van der Waals surface area contributed by atoms with Gasteiger partial charge in [-0.15, -0.1) is 0 Å². The average molecular weight is 194 g/mol. The summed E-state index contributed by atoms with van der Waals surface area (Å²) >= 11 is 0.769. The Morgan fingerprint density at radius 1 is 1.54 bits per heavy atom. The van der Waals surface area contributed by atoms with Gasteiger partial charge in [-0.25, -0.2) is 0 Å². The molecule has 0 saturated carbocycles. The molecular weight excluding hydrogens is 184 g/mol. The van der Waals surface area contributed by atoms with Crippen LogP contribution < -0.4 is 0 Å². The minimum Gasteiger partial charge on any atom is -0.325 e. The molecule has 0 saturated heterocycles. The van der Waals surface area contributed by atoms with Crippen LogP contribution >= 0.6 is 12.0 Å². The van der Waals surface area contributed by atoms with E-state index in [1.807, 2.05) is 29.8 Å². The van der Waals surface area contributed by atoms with Crippen LogP contribution in [-0.4, -0.2) is 14.3 Å². The quantitative estimate of drug-likeness (QED) is 0.747. The standard InChI is InChI=1S/C9H10N2OS/c1-2-11-8-4-3-5-9(13-12)7(8)6-10-11/h3-6,12H,2H2,1H3. The third kappa shape index (κ3) is 1.32. The molecule has 4 heteroatoms. The van der Waals surface area contributed by atoms with Gasteiger partial charge in [0.05, 0.1) is 11.7 Å². The minimum atomic E-state index is 0.769. The fourth-order valence-electron chi connectivity index (χ4n) is 1.41. The van der Waals surface area contributed by atoms with Gasteiger partial charge in [0.15, 0.2) is 0 Å². The van der Waals surface area contributed by atoms with Crippen molar-refractivity contribution in [1.82, 2.24) is 9.78 Å². The smallest absolute Gasteiger partial charge is 0.0694 e. The maximum absolute atomic E-state index is 9.00. The molecule has 3 nitrogen and oxygen atoms in total. The van der Waals surface area contributed by atoms with E-state index in [1.165, 1.54) is 0 Å². The lowest BCUT2D eigenvalue weighted by molar-refractivity contribution is 0.664. The molecule has 0 unspecified atom stereocenters. The van der Waals surface area contributed by atoms with Gasteiger partial charge in [-0.3, -0.25) is 4.68 Å². The predicted octanol–water partition coefficient (Wildman–Crippen LogP) is 2.62. The third-order valence-electron chi connectivity index (χ3n) is 2.05. The molecule has 68 valence electrons. The number of benzene rings is 1. The fourth-order valence-corrected chi connectivity index (χ4v) is 1.80. The van der Waals surface area contributed by atoms with Crippen molar-refractivity contribution in [3.63, 3.8) is 0 Å². The van der Waals surface area contributed by atoms with Crippen molar-refractivity contribution in [3.05, 3.63) is 24.4 Å². The Bertz CT molecular complexity index is 424. The van der Waals surface area contributed by atoms with Crippen molar-refractivity contribution in [3.8, 4) is 0 Å². The second-order valence-corrected chi connectivity index (χ2v) is 3.36. The highest BCUT2D eigenvalue weighted by Crippen LogP contribution is 2.25. The van der Waals surface area contributed by atoms with Crippen molar-refractivity contribution >= 4 is 22.9 Å². The van der Waals surface area contributed by atoms with E-state index in [0.29, 0.717) is 0 Å². The van der Waals surface area contributed by atoms with Crippen molar-refractivity contribution in [2.24, 2.45) is 0 Å². The Morgan fingerprint density at radius 3 is 3.08 bits per heavy atom. The monoisotopic (exact) mass is 194 g/mol. The average Bonchev–Trinajstić information content (AvgIpc) is 2.60. The number of hydrogen-bond acceptors (Lipinski definition) is 3. The number of aromatic nitrogens is 2. The highest BCUT2D eigenvalue weighted by molar-refractivity contribution is 7.94. The van der Waals surface area contributed by atoms with E-state index < -0.39 is 0 Å². The predicted molar refractivity (Wildman–Crippen MR) is 53.9 cm³/mol. The Labute approximate surface area is 80.6 Å². The molecule has 0 bridgehead atoms. The molecule has 0 aliphatic rings. The summed E-state index contributed by atoms with van der Waals surface area (Å²) in [6.07, 6.45) is 1.79. The Morgan fingerprint density at radius 2 is 2.38 bits per heavy atom. The van der Waals surface area contributed by atoms with Crippen LogP contribution in [0.5, 0.6) is 0 Å². The van der Waals surface area contributed by atoms with Gasteiger partial charge in [-0.2, -0.15) is 5.10 Å². The maximum Gasteiger partial charge on any atom is 0.0694 e. The van der Waals surface area contributed by atoms with Crippen molar-refractivity contribution in [1.29, 1.82) is 0 Å². The van der Waals surface area contributed by atoms with Gasteiger partial charge in [0.25, 0.3) is 0 Å². The van der Waals surface area contributed by atoms with Gasteiger partial charge in [-0.05, 0) is 19.1 Å². The highest BCUT2D eigenvalue weighted by Gasteiger charge is 2.04. The second kappa shape index (κ2) is 3.40. The first-order valence-corrected chi connectivity index (χ1v) is 4.90. The minimum absolute atomic E-state index is 0.769. The summed E-state index contributed by atoms with van der Waals surface area (Å²) in [5.74, 6) is 0. The highest BCUT2D eigenvalue weighted by atomic mass is 32.2. The molecule has 0 radical (unpaired) electrons. The molecule has 0 aliphatic heterocycles. The fraction of sp³-hybridized carbons (Fsp3) is 0.222. The van der Waals surface area contributed by atoms with Crippen LogP contribution in [0.4, 0.5) is 0 Å². The van der Waals surface area contributed by atoms with Crippen LogP contribution in [0.25, 0.3) is 10.9 Å². The first-order chi connectivity index (χ1) is 6.36. The Balaban J connectivity index is 2.72. The van der Waals surface area contributed by atoms with Gasteiger partial charge in [0, 0.05) is 28.9 Å². The Kier molecular flexibility index (Phi) is 2.24. The number of aryl methyl sites for hydroxylation is 1. The van der Waals surface area contributed by atoms with Gasteiger partial charge in [0.1, 0.15) is 0 Å². The van der Waals surface area contributed by atoms with Crippen LogP contribution in [0, 0.1) is 0 Å². The molecule has 13 heavy (non-hydrogen) atoms. The molecule has 0 spiro atoms. The molecule has 1 aromatic heterocycles. The molecular formula is C9H10N2OS. The maximum atomic E-state index is 9.00. The SMILES string of the molecule is CCn1ncc2c(SO)cccc21. The summed E-state index contributed by atoms with van der Waals surface area (Å²) in [6.45, 7) is 2.90. The van der Waals surface area contributed by atoms with Crippen LogP contribution in [0.1, 0.15) is 6.92 Å². The first kappa shape index (κ1) is 8.59. The molecule has 1 aromatic carbocycles. The molecule has 0 atom stereocenters. The van der Waals surface area contributed by atoms with Crippen molar-refractivity contribution in [2.75, 3.05) is 0 Å². The zero-order chi connectivity index (χ0) is 9.26. The van der Waals surface area contributed by atoms with Crippen LogP contribution in [-0.2, 0) is 6.54 Å². The lowest BCUT2D eigenvalue weighted by atomic mass is 10.2. The third-order valence-corrected chi connectivity index (χ3v) is 2.60. The van der Waals surface area contributed by atoms with E-state index in [0.717, 1.165) is 34.4 Å². The van der Waals surface area contributed by atoms with E-state index >= 15 is 0 Å². The summed E-state index contributed by atoms with van der Waals surface area (Å²) in [5.41, 5.74) is 1.07. The summed E-state index contributed by atoms with van der Waals surface area (Å²) in [6, 6.07) is 5.81. The first-order valence-electron chi connectivity index (χ1n) is 4.12. The molecule has 2 aromatic rings. The summed E-state index contributed by atoms with van der Waals surface area (Å²) in [7, 11) is 0. The lowest BCUT2D eigenvalue weighted by Crippen LogP contribution is -1.94. The summed E-state index contributed by atoms with van der Waals surface area (Å²) in [5, 5.41) is 5.23. The number of nitrogens with zero attached hydrogens (tertiary/aromatic N) is 2. The molecule has 1 N–H and O–H groups in total. The van der Waals surface area contributed by atoms with Crippen molar-refractivity contribution in [2.45, 2.75) is 18.4 Å². The van der Waals surface area contributed by atoms with E-state index in [2.05, 4.69) is 5.10 Å². The summed E-state index contributed by atoms with van der Waals surface area (Å²) in [4.78, 5) is 0.859. The molecule has 0 fully saturated rings. The van der Waals surface area contributed by atoms with Gasteiger partial charge < -0.3 is 4.55 Å². The van der Waals surface area contributed by atoms with Gasteiger partial charge in [0.2, 0.25) is 0 Å². The van der Waals surface area contributed by atoms with Crippen LogP contribution in [0.15, 0.2) is 29.3 Å². The lowest BCUT2D eigenvalue weighted by Gasteiger charge is -1.99. The largest absolute Gasteiger partial charge is 0.325 e. The topological polar surface area (TPSA) is 38.0 Å². The number of hydrogen-bond donors (Lipinski definition) is 1. The van der Waals surface area contributed by atoms with E-state index in [-0.39, 0.29) is 0 Å². The molecule has 2 rings (SSSR count). The van der Waals surface area contributed by atoms with E-state index in [9.17, 15) is 0 Å². The van der Waals surface area contributed by atoms with Gasteiger partial charge in [-0.1, -0.05) is 6.07 Å². The second-order valence-electron chi connectivity index (χ2n) is 2.74. The molecule has 0 aliphatic carbocycles. The molecule has 0 amide bonds. The number of rotatable bonds is 2. The van der Waals surface area contributed by atoms with E-state index in [1.54, 1.807) is 6.20 Å². The van der Waals surface area contributed by atoms with Gasteiger partial charge >= 0.3 is 0 Å². The summed E-state index contributed by atoms with van der Waals surface area (Å²) < 4.78 is 10.9. The normalized spacial score (nSPS) is 10.9. The molecule has 1 heterocycles. The van der Waals surface area contributed by atoms with Crippen molar-refractivity contribution < 1.29 is 4.55 Å².